The van der Waals surface area contributed by atoms with E-state index in [0.717, 1.165) is 29.5 Å². The molecule has 1 aliphatic carbocycles. The Morgan fingerprint density at radius 3 is 2.82 bits per heavy atom. The van der Waals surface area contributed by atoms with Crippen molar-refractivity contribution in [2.75, 3.05) is 5.73 Å². The van der Waals surface area contributed by atoms with E-state index < -0.39 is 11.6 Å². The molecule has 8 heteroatoms. The van der Waals surface area contributed by atoms with Crippen LogP contribution in [0.1, 0.15) is 57.2 Å². The molecule has 0 saturated heterocycles. The van der Waals surface area contributed by atoms with E-state index in [1.807, 2.05) is 0 Å². The molecule has 3 aromatic rings. The summed E-state index contributed by atoms with van der Waals surface area (Å²) < 4.78 is 10.4. The van der Waals surface area contributed by atoms with Crippen LogP contribution in [0.5, 0.6) is 0 Å². The smallest absolute Gasteiger partial charge is 0.342 e. The fourth-order valence-electron chi connectivity index (χ4n) is 3.74. The normalized spacial score (nSPS) is 13.9. The highest BCUT2D eigenvalue weighted by molar-refractivity contribution is 7.19. The number of hydrogen-bond acceptors (Lipinski definition) is 8. The Morgan fingerprint density at radius 2 is 2.04 bits per heavy atom. The molecule has 1 aliphatic rings. The molecule has 146 valence electrons. The van der Waals surface area contributed by atoms with Gasteiger partial charge in [0.05, 0.1) is 5.39 Å². The summed E-state index contributed by atoms with van der Waals surface area (Å²) in [5, 5.41) is 0.952. The summed E-state index contributed by atoms with van der Waals surface area (Å²) in [6.07, 6.45) is 5.63. The summed E-state index contributed by atoms with van der Waals surface area (Å²) in [5.41, 5.74) is 7.77. The van der Waals surface area contributed by atoms with Gasteiger partial charge in [-0.2, -0.15) is 0 Å². The van der Waals surface area contributed by atoms with Gasteiger partial charge in [0.25, 0.3) is 0 Å². The molecule has 3 aromatic heterocycles. The zero-order valence-electron chi connectivity index (χ0n) is 15.8. The number of rotatable bonds is 3. The summed E-state index contributed by atoms with van der Waals surface area (Å²) >= 11 is 1.66. The number of nitrogens with zero attached hydrogens (tertiary/aromatic N) is 2. The summed E-state index contributed by atoms with van der Waals surface area (Å²) in [6, 6.07) is 1.27. The van der Waals surface area contributed by atoms with Gasteiger partial charge in [-0.25, -0.2) is 19.6 Å². The third kappa shape index (κ3) is 3.40. The average molecular weight is 399 g/mol. The second kappa shape index (κ2) is 7.35. The molecule has 0 fully saturated rings. The molecule has 3 heterocycles. The first-order valence-corrected chi connectivity index (χ1v) is 10.1. The van der Waals surface area contributed by atoms with Crippen LogP contribution in [0.25, 0.3) is 10.2 Å². The number of aromatic nitrogens is 2. The Labute approximate surface area is 165 Å². The largest absolute Gasteiger partial charge is 0.454 e. The lowest BCUT2D eigenvalue weighted by atomic mass is 10.1. The molecule has 0 aromatic carbocycles. The van der Waals surface area contributed by atoms with Crippen LogP contribution in [0.15, 0.2) is 15.3 Å². The van der Waals surface area contributed by atoms with Crippen molar-refractivity contribution in [3.63, 3.8) is 0 Å². The van der Waals surface area contributed by atoms with Crippen LogP contribution in [0.2, 0.25) is 0 Å². The van der Waals surface area contributed by atoms with E-state index in [0.29, 0.717) is 17.2 Å². The summed E-state index contributed by atoms with van der Waals surface area (Å²) in [6.45, 7) is 3.13. The second-order valence-corrected chi connectivity index (χ2v) is 8.11. The van der Waals surface area contributed by atoms with Crippen molar-refractivity contribution in [3.8, 4) is 0 Å². The molecule has 0 radical (unpaired) electrons. The lowest BCUT2D eigenvalue weighted by molar-refractivity contribution is 0.0457. The molecule has 0 bridgehead atoms. The van der Waals surface area contributed by atoms with Gasteiger partial charge in [-0.1, -0.05) is 6.42 Å². The molecule has 0 amide bonds. The third-order valence-electron chi connectivity index (χ3n) is 5.01. The Balaban J connectivity index is 1.59. The molecular weight excluding hydrogens is 378 g/mol. The molecule has 0 atom stereocenters. The number of nitrogen functional groups attached to an aromatic ring is 1. The van der Waals surface area contributed by atoms with Gasteiger partial charge in [0.1, 0.15) is 22.0 Å². The maximum Gasteiger partial charge on any atom is 0.342 e. The van der Waals surface area contributed by atoms with Crippen molar-refractivity contribution in [1.82, 2.24) is 9.97 Å². The molecular formula is C20H21N3O4S. The first-order chi connectivity index (χ1) is 13.4. The third-order valence-corrected chi connectivity index (χ3v) is 6.20. The van der Waals surface area contributed by atoms with Gasteiger partial charge in [0.2, 0.25) is 0 Å². The number of carbonyl (C=O) groups is 1. The van der Waals surface area contributed by atoms with Gasteiger partial charge in [0, 0.05) is 10.9 Å². The van der Waals surface area contributed by atoms with E-state index in [2.05, 4.69) is 9.97 Å². The van der Waals surface area contributed by atoms with Crippen LogP contribution in [0.4, 0.5) is 5.82 Å². The first kappa shape index (κ1) is 18.6. The van der Waals surface area contributed by atoms with E-state index in [4.69, 9.17) is 14.9 Å². The van der Waals surface area contributed by atoms with Crippen LogP contribution >= 0.6 is 11.3 Å². The number of fused-ring (bicyclic) bond motifs is 3. The highest BCUT2D eigenvalue weighted by Crippen LogP contribution is 2.37. The monoisotopic (exact) mass is 399 g/mol. The van der Waals surface area contributed by atoms with Crippen LogP contribution in [0, 0.1) is 13.8 Å². The number of thiophene rings is 1. The van der Waals surface area contributed by atoms with Gasteiger partial charge in [-0.3, -0.25) is 0 Å². The predicted octanol–water partition coefficient (Wildman–Crippen LogP) is 3.47. The number of ether oxygens (including phenoxy) is 1. The predicted molar refractivity (Wildman–Crippen MR) is 107 cm³/mol. The lowest BCUT2D eigenvalue weighted by Crippen LogP contribution is -2.14. The summed E-state index contributed by atoms with van der Waals surface area (Å²) in [5.74, 6) is 0.451. The minimum atomic E-state index is -0.581. The maximum absolute atomic E-state index is 12.4. The molecule has 0 saturated carbocycles. The SMILES string of the molecule is Cc1cc(=O)oc(C)c1C(=O)OCc1nc(N)c2c3c(sc2n1)CCCCC3. The average Bonchev–Trinajstić information content (AvgIpc) is 2.81. The molecule has 0 spiro atoms. The summed E-state index contributed by atoms with van der Waals surface area (Å²) in [7, 11) is 0. The molecule has 4 rings (SSSR count). The van der Waals surface area contributed by atoms with E-state index >= 15 is 0 Å². The number of esters is 1. The van der Waals surface area contributed by atoms with Crippen LogP contribution in [-0.4, -0.2) is 15.9 Å². The van der Waals surface area contributed by atoms with E-state index in [1.54, 1.807) is 25.2 Å². The van der Waals surface area contributed by atoms with Crippen molar-refractivity contribution < 1.29 is 13.9 Å². The van der Waals surface area contributed by atoms with Crippen molar-refractivity contribution in [1.29, 1.82) is 0 Å². The Bertz CT molecular complexity index is 1110. The topological polar surface area (TPSA) is 108 Å². The van der Waals surface area contributed by atoms with E-state index in [9.17, 15) is 9.59 Å². The highest BCUT2D eigenvalue weighted by atomic mass is 32.1. The first-order valence-electron chi connectivity index (χ1n) is 9.29. The van der Waals surface area contributed by atoms with E-state index in [1.165, 1.54) is 29.3 Å². The zero-order chi connectivity index (χ0) is 19.8. The van der Waals surface area contributed by atoms with Crippen molar-refractivity contribution in [2.45, 2.75) is 52.6 Å². The van der Waals surface area contributed by atoms with Crippen molar-refractivity contribution in [3.05, 3.63) is 49.6 Å². The number of hydrogen-bond donors (Lipinski definition) is 1. The molecule has 7 nitrogen and oxygen atoms in total. The summed E-state index contributed by atoms with van der Waals surface area (Å²) in [4.78, 5) is 35.0. The van der Waals surface area contributed by atoms with Crippen LogP contribution in [-0.2, 0) is 24.2 Å². The van der Waals surface area contributed by atoms with E-state index in [-0.39, 0.29) is 17.9 Å². The van der Waals surface area contributed by atoms with Gasteiger partial charge >= 0.3 is 11.6 Å². The fraction of sp³-hybridized carbons (Fsp3) is 0.400. The van der Waals surface area contributed by atoms with Gasteiger partial charge in [0.15, 0.2) is 12.4 Å². The second-order valence-electron chi connectivity index (χ2n) is 7.03. The minimum Gasteiger partial charge on any atom is -0.454 e. The maximum atomic E-state index is 12.4. The number of carbonyl (C=O) groups excluding carboxylic acids is 1. The number of anilines is 1. The number of nitrogens with two attached hydrogens (primary N) is 1. The van der Waals surface area contributed by atoms with Gasteiger partial charge in [-0.15, -0.1) is 11.3 Å². The Hall–Kier alpha value is -2.74. The Kier molecular flexibility index (Phi) is 4.89. The quantitative estimate of drug-likeness (QED) is 0.530. The minimum absolute atomic E-state index is 0.0977. The van der Waals surface area contributed by atoms with Crippen molar-refractivity contribution in [2.24, 2.45) is 0 Å². The molecule has 2 N–H and O–H groups in total. The molecule has 28 heavy (non-hydrogen) atoms. The standard InChI is InChI=1S/C20H21N3O4S/c1-10-8-15(24)27-11(2)16(10)20(25)26-9-14-22-18(21)17-12-6-4-3-5-7-13(12)28-19(17)23-14/h8H,3-7,9H2,1-2H3,(H2,21,22,23). The molecule has 0 unspecified atom stereocenters. The highest BCUT2D eigenvalue weighted by Gasteiger charge is 2.21. The lowest BCUT2D eigenvalue weighted by Gasteiger charge is -2.09. The van der Waals surface area contributed by atoms with Crippen LogP contribution < -0.4 is 11.4 Å². The van der Waals surface area contributed by atoms with Gasteiger partial charge < -0.3 is 14.9 Å². The molecule has 0 aliphatic heterocycles. The van der Waals surface area contributed by atoms with Crippen LogP contribution in [0.3, 0.4) is 0 Å². The number of aryl methyl sites for hydroxylation is 4. The Morgan fingerprint density at radius 1 is 1.25 bits per heavy atom. The van der Waals surface area contributed by atoms with Gasteiger partial charge in [-0.05, 0) is 50.7 Å². The fourth-order valence-corrected chi connectivity index (χ4v) is 5.03. The zero-order valence-corrected chi connectivity index (χ0v) is 16.6. The van der Waals surface area contributed by atoms with Crippen molar-refractivity contribution >= 4 is 33.3 Å².